The number of allylic oxidation sites excluding steroid dienone is 2. The Bertz CT molecular complexity index is 572. The zero-order valence-electron chi connectivity index (χ0n) is 17.0. The van der Waals surface area contributed by atoms with Gasteiger partial charge in [-0.2, -0.15) is 0 Å². The van der Waals surface area contributed by atoms with Gasteiger partial charge in [-0.1, -0.05) is 25.5 Å². The molecule has 4 heteroatoms. The smallest absolute Gasteiger partial charge is 0.0373 e. The van der Waals surface area contributed by atoms with Gasteiger partial charge in [0.25, 0.3) is 0 Å². The SMILES string of the molecule is C[C@]12CC[C@H]3[C@@H](CC=C4C[C@H](Cl)CC[C@@]43C)[C@@H]1CC[C@@H]2N(CCCl)CCCl. The second kappa shape index (κ2) is 8.01. The van der Waals surface area contributed by atoms with Gasteiger partial charge in [0.15, 0.2) is 0 Å². The van der Waals surface area contributed by atoms with Crippen molar-refractivity contribution >= 4 is 34.8 Å². The van der Waals surface area contributed by atoms with Crippen LogP contribution in [0.25, 0.3) is 0 Å². The molecule has 0 aliphatic heterocycles. The number of halogens is 3. The van der Waals surface area contributed by atoms with Gasteiger partial charge < -0.3 is 0 Å². The molecule has 7 atom stereocenters. The van der Waals surface area contributed by atoms with Crippen molar-refractivity contribution in [1.82, 2.24) is 4.90 Å². The first kappa shape index (κ1) is 20.8. The summed E-state index contributed by atoms with van der Waals surface area (Å²) < 4.78 is 0. The molecule has 1 nitrogen and oxygen atoms in total. The zero-order valence-corrected chi connectivity index (χ0v) is 19.3. The Hall–Kier alpha value is 0.570. The van der Waals surface area contributed by atoms with Crippen LogP contribution >= 0.6 is 34.8 Å². The molecule has 0 unspecified atom stereocenters. The van der Waals surface area contributed by atoms with Crippen LogP contribution in [-0.2, 0) is 0 Å². The minimum absolute atomic E-state index is 0.366. The molecule has 4 aliphatic carbocycles. The number of rotatable bonds is 5. The van der Waals surface area contributed by atoms with E-state index in [1.807, 2.05) is 0 Å². The second-order valence-electron chi connectivity index (χ2n) is 10.2. The van der Waals surface area contributed by atoms with Crippen LogP contribution in [0.3, 0.4) is 0 Å². The lowest BCUT2D eigenvalue weighted by atomic mass is 9.48. The van der Waals surface area contributed by atoms with Crippen LogP contribution in [0.1, 0.15) is 65.2 Å². The molecule has 0 bridgehead atoms. The predicted octanol–water partition coefficient (Wildman–Crippen LogP) is 6.70. The number of alkyl halides is 3. The maximum Gasteiger partial charge on any atom is 0.0373 e. The topological polar surface area (TPSA) is 3.24 Å². The first-order valence-corrected chi connectivity index (χ1v) is 12.6. The average Bonchev–Trinajstić information content (AvgIpc) is 2.99. The first-order valence-electron chi connectivity index (χ1n) is 11.1. The maximum absolute atomic E-state index is 6.53. The van der Waals surface area contributed by atoms with Crippen molar-refractivity contribution in [2.75, 3.05) is 24.8 Å². The molecule has 0 aromatic carbocycles. The highest BCUT2D eigenvalue weighted by Crippen LogP contribution is 2.65. The fraction of sp³-hybridized carbons (Fsp3) is 0.913. The molecule has 3 fully saturated rings. The molecule has 0 saturated heterocycles. The van der Waals surface area contributed by atoms with Crippen LogP contribution in [0.5, 0.6) is 0 Å². The first-order chi connectivity index (χ1) is 12.9. The molecule has 0 spiro atoms. The average molecular weight is 433 g/mol. The van der Waals surface area contributed by atoms with Gasteiger partial charge in [0, 0.05) is 36.3 Å². The highest BCUT2D eigenvalue weighted by atomic mass is 35.5. The van der Waals surface area contributed by atoms with Gasteiger partial charge in [0.05, 0.1) is 0 Å². The lowest BCUT2D eigenvalue weighted by Gasteiger charge is -2.58. The molecule has 0 heterocycles. The molecule has 3 saturated carbocycles. The lowest BCUT2D eigenvalue weighted by molar-refractivity contribution is -0.0510. The van der Waals surface area contributed by atoms with Crippen molar-refractivity contribution in [1.29, 1.82) is 0 Å². The van der Waals surface area contributed by atoms with E-state index in [4.69, 9.17) is 34.8 Å². The summed E-state index contributed by atoms with van der Waals surface area (Å²) in [7, 11) is 0. The molecule has 0 amide bonds. The van der Waals surface area contributed by atoms with Gasteiger partial charge in [0.1, 0.15) is 0 Å². The molecule has 4 rings (SSSR count). The Balaban J connectivity index is 1.58. The molecule has 0 aromatic rings. The Kier molecular flexibility index (Phi) is 6.18. The predicted molar refractivity (Wildman–Crippen MR) is 118 cm³/mol. The van der Waals surface area contributed by atoms with Gasteiger partial charge >= 0.3 is 0 Å². The normalized spacial score (nSPS) is 46.6. The Morgan fingerprint density at radius 3 is 2.44 bits per heavy atom. The molecular formula is C23H36Cl3N. The fourth-order valence-corrected chi connectivity index (χ4v) is 8.54. The van der Waals surface area contributed by atoms with E-state index in [1.54, 1.807) is 5.57 Å². The summed E-state index contributed by atoms with van der Waals surface area (Å²) in [6.07, 6.45) is 13.0. The highest BCUT2D eigenvalue weighted by Gasteiger charge is 2.59. The van der Waals surface area contributed by atoms with E-state index in [-0.39, 0.29) is 0 Å². The summed E-state index contributed by atoms with van der Waals surface area (Å²) in [5.41, 5.74) is 2.55. The summed E-state index contributed by atoms with van der Waals surface area (Å²) in [5, 5.41) is 0.366. The van der Waals surface area contributed by atoms with Crippen LogP contribution in [0.2, 0.25) is 0 Å². The largest absolute Gasteiger partial charge is 0.297 e. The van der Waals surface area contributed by atoms with E-state index in [0.29, 0.717) is 34.0 Å². The van der Waals surface area contributed by atoms with E-state index in [2.05, 4.69) is 24.8 Å². The summed E-state index contributed by atoms with van der Waals surface area (Å²) in [6, 6.07) is 0.665. The van der Waals surface area contributed by atoms with E-state index >= 15 is 0 Å². The monoisotopic (exact) mass is 431 g/mol. The molecule has 27 heavy (non-hydrogen) atoms. The number of nitrogens with zero attached hydrogens (tertiary/aromatic N) is 1. The van der Waals surface area contributed by atoms with E-state index in [1.165, 1.54) is 44.9 Å². The maximum atomic E-state index is 6.53. The van der Waals surface area contributed by atoms with Gasteiger partial charge in [-0.3, -0.25) is 4.90 Å². The lowest BCUT2D eigenvalue weighted by Crippen LogP contribution is -2.54. The third-order valence-corrected chi connectivity index (χ3v) is 9.89. The Morgan fingerprint density at radius 2 is 1.74 bits per heavy atom. The molecule has 4 aliphatic rings. The molecule has 0 N–H and O–H groups in total. The van der Waals surface area contributed by atoms with Crippen molar-refractivity contribution in [2.24, 2.45) is 28.6 Å². The van der Waals surface area contributed by atoms with Crippen molar-refractivity contribution in [2.45, 2.75) is 76.6 Å². The van der Waals surface area contributed by atoms with Gasteiger partial charge in [-0.15, -0.1) is 34.8 Å². The van der Waals surface area contributed by atoms with Gasteiger partial charge in [-0.05, 0) is 80.0 Å². The molecular weight excluding hydrogens is 397 g/mol. The van der Waals surface area contributed by atoms with Crippen molar-refractivity contribution in [3.05, 3.63) is 11.6 Å². The van der Waals surface area contributed by atoms with Crippen molar-refractivity contribution in [3.8, 4) is 0 Å². The van der Waals surface area contributed by atoms with Crippen LogP contribution in [0.4, 0.5) is 0 Å². The van der Waals surface area contributed by atoms with Gasteiger partial charge in [-0.25, -0.2) is 0 Å². The number of hydrogen-bond acceptors (Lipinski definition) is 1. The van der Waals surface area contributed by atoms with E-state index in [9.17, 15) is 0 Å². The number of hydrogen-bond donors (Lipinski definition) is 0. The fourth-order valence-electron chi connectivity index (χ4n) is 7.83. The van der Waals surface area contributed by atoms with Crippen LogP contribution in [0.15, 0.2) is 11.6 Å². The zero-order chi connectivity index (χ0) is 19.2. The van der Waals surface area contributed by atoms with Crippen LogP contribution in [0, 0.1) is 28.6 Å². The summed E-state index contributed by atoms with van der Waals surface area (Å²) in [5.74, 6) is 4.02. The molecule has 0 aromatic heterocycles. The number of fused-ring (bicyclic) bond motifs is 5. The molecule has 0 radical (unpaired) electrons. The van der Waals surface area contributed by atoms with Crippen molar-refractivity contribution in [3.63, 3.8) is 0 Å². The van der Waals surface area contributed by atoms with Crippen LogP contribution < -0.4 is 0 Å². The molecule has 154 valence electrons. The quantitative estimate of drug-likeness (QED) is 0.345. The summed E-state index contributed by atoms with van der Waals surface area (Å²) in [6.45, 7) is 7.13. The minimum Gasteiger partial charge on any atom is -0.297 e. The Labute approximate surface area is 181 Å². The third kappa shape index (κ3) is 3.41. The standard InChI is InChI=1S/C23H36Cl3N/c1-22-9-7-17(26)15-16(22)3-4-18-19-5-6-21(27(13-11-24)14-12-25)23(19,2)10-8-20(18)22/h3,17-21H,4-15H2,1-2H3/t17-,18+,19+,20+,21+,22+,23+/m1/s1. The van der Waals surface area contributed by atoms with E-state index < -0.39 is 0 Å². The van der Waals surface area contributed by atoms with Crippen LogP contribution in [-0.4, -0.2) is 41.2 Å². The van der Waals surface area contributed by atoms with E-state index in [0.717, 1.165) is 37.3 Å². The second-order valence-corrected chi connectivity index (χ2v) is 11.5. The summed E-state index contributed by atoms with van der Waals surface area (Å²) in [4.78, 5) is 2.62. The summed E-state index contributed by atoms with van der Waals surface area (Å²) >= 11 is 18.8. The van der Waals surface area contributed by atoms with Crippen molar-refractivity contribution < 1.29 is 0 Å². The third-order valence-electron chi connectivity index (χ3n) is 9.18. The highest BCUT2D eigenvalue weighted by molar-refractivity contribution is 6.20. The minimum atomic E-state index is 0.366. The van der Waals surface area contributed by atoms with Gasteiger partial charge in [0.2, 0.25) is 0 Å². The Morgan fingerprint density at radius 1 is 1.00 bits per heavy atom.